The molecule has 1 aliphatic heterocycles. The van der Waals surface area contributed by atoms with Crippen LogP contribution in [0.5, 0.6) is 0 Å². The number of nitrogens with zero attached hydrogens (tertiary/aromatic N) is 4. The van der Waals surface area contributed by atoms with Gasteiger partial charge in [-0.2, -0.15) is 5.10 Å². The average Bonchev–Trinajstić information content (AvgIpc) is 2.81. The fourth-order valence-corrected chi connectivity index (χ4v) is 2.60. The molecular formula is C14H18N4O2. The van der Waals surface area contributed by atoms with Crippen molar-refractivity contribution in [3.05, 3.63) is 18.3 Å². The fraction of sp³-hybridized carbons (Fsp3) is 0.500. The molecule has 1 saturated heterocycles. The number of rotatable bonds is 3. The Morgan fingerprint density at radius 2 is 2.15 bits per heavy atom. The highest BCUT2D eigenvalue weighted by atomic mass is 16.4. The van der Waals surface area contributed by atoms with Crippen LogP contribution in [0.4, 0.5) is 5.82 Å². The first-order valence-electron chi connectivity index (χ1n) is 6.93. The van der Waals surface area contributed by atoms with Gasteiger partial charge in [0.1, 0.15) is 12.4 Å². The van der Waals surface area contributed by atoms with E-state index in [4.69, 9.17) is 5.11 Å². The molecule has 2 aromatic rings. The van der Waals surface area contributed by atoms with Crippen LogP contribution in [0.1, 0.15) is 19.8 Å². The largest absolute Gasteiger partial charge is 0.480 e. The molecule has 3 heterocycles. The Morgan fingerprint density at radius 3 is 2.85 bits per heavy atom. The van der Waals surface area contributed by atoms with Gasteiger partial charge in [-0.15, -0.1) is 0 Å². The number of carbonyl (C=O) groups is 1. The van der Waals surface area contributed by atoms with Crippen molar-refractivity contribution < 1.29 is 9.90 Å². The minimum absolute atomic E-state index is 0.156. The Kier molecular flexibility index (Phi) is 3.30. The predicted octanol–water partition coefficient (Wildman–Crippen LogP) is 1.75. The van der Waals surface area contributed by atoms with E-state index in [0.29, 0.717) is 5.65 Å². The number of aliphatic carboxylic acids is 1. The molecular weight excluding hydrogens is 256 g/mol. The first kappa shape index (κ1) is 12.9. The molecule has 0 spiro atoms. The summed E-state index contributed by atoms with van der Waals surface area (Å²) in [6.07, 6.45) is 4.01. The van der Waals surface area contributed by atoms with Crippen molar-refractivity contribution in [1.82, 2.24) is 14.8 Å². The topological polar surface area (TPSA) is 71.2 Å². The monoisotopic (exact) mass is 274 g/mol. The van der Waals surface area contributed by atoms with E-state index < -0.39 is 5.97 Å². The van der Waals surface area contributed by atoms with Crippen molar-refractivity contribution in [2.45, 2.75) is 26.3 Å². The van der Waals surface area contributed by atoms with Gasteiger partial charge in [-0.3, -0.25) is 4.79 Å². The van der Waals surface area contributed by atoms with E-state index in [2.05, 4.69) is 21.9 Å². The van der Waals surface area contributed by atoms with Crippen molar-refractivity contribution in [3.63, 3.8) is 0 Å². The second-order valence-corrected chi connectivity index (χ2v) is 5.45. The van der Waals surface area contributed by atoms with Gasteiger partial charge in [-0.05, 0) is 30.9 Å². The van der Waals surface area contributed by atoms with E-state index in [1.54, 1.807) is 6.20 Å². The van der Waals surface area contributed by atoms with Crippen molar-refractivity contribution in [2.75, 3.05) is 18.0 Å². The van der Waals surface area contributed by atoms with Crippen LogP contribution in [0, 0.1) is 5.92 Å². The van der Waals surface area contributed by atoms with Crippen molar-refractivity contribution in [3.8, 4) is 0 Å². The third-order valence-electron chi connectivity index (χ3n) is 3.86. The molecule has 1 fully saturated rings. The summed E-state index contributed by atoms with van der Waals surface area (Å²) >= 11 is 0. The Balaban J connectivity index is 1.90. The molecule has 0 amide bonds. The summed E-state index contributed by atoms with van der Waals surface area (Å²) in [4.78, 5) is 17.7. The molecule has 0 unspecified atom stereocenters. The number of aromatic nitrogens is 3. The van der Waals surface area contributed by atoms with Gasteiger partial charge in [-0.1, -0.05) is 6.92 Å². The SMILES string of the molecule is CC1CCN(c2ccc3cnn(CC(=O)O)c3n2)CC1. The minimum Gasteiger partial charge on any atom is -0.480 e. The summed E-state index contributed by atoms with van der Waals surface area (Å²) in [7, 11) is 0. The van der Waals surface area contributed by atoms with Gasteiger partial charge >= 0.3 is 5.97 Å². The molecule has 6 heteroatoms. The zero-order valence-electron chi connectivity index (χ0n) is 11.5. The van der Waals surface area contributed by atoms with Gasteiger partial charge in [0.15, 0.2) is 5.65 Å². The van der Waals surface area contributed by atoms with Gasteiger partial charge in [0.05, 0.1) is 6.20 Å². The summed E-state index contributed by atoms with van der Waals surface area (Å²) in [6.45, 7) is 4.13. The molecule has 2 aromatic heterocycles. The maximum atomic E-state index is 10.8. The van der Waals surface area contributed by atoms with E-state index >= 15 is 0 Å². The quantitative estimate of drug-likeness (QED) is 0.923. The third kappa shape index (κ3) is 2.45. The summed E-state index contributed by atoms with van der Waals surface area (Å²) in [5.74, 6) is 0.776. The van der Waals surface area contributed by atoms with Gasteiger partial charge in [0.25, 0.3) is 0 Å². The number of carboxylic acids is 1. The zero-order chi connectivity index (χ0) is 14.1. The van der Waals surface area contributed by atoms with Crippen LogP contribution >= 0.6 is 0 Å². The van der Waals surface area contributed by atoms with Gasteiger partial charge in [0.2, 0.25) is 0 Å². The fourth-order valence-electron chi connectivity index (χ4n) is 2.60. The highest BCUT2D eigenvalue weighted by molar-refractivity contribution is 5.78. The van der Waals surface area contributed by atoms with E-state index in [1.807, 2.05) is 12.1 Å². The number of anilines is 1. The maximum Gasteiger partial charge on any atom is 0.325 e. The van der Waals surface area contributed by atoms with E-state index in [9.17, 15) is 4.79 Å². The molecule has 20 heavy (non-hydrogen) atoms. The predicted molar refractivity (Wildman–Crippen MR) is 75.8 cm³/mol. The Bertz CT molecular complexity index is 629. The first-order chi connectivity index (χ1) is 9.63. The molecule has 0 saturated carbocycles. The third-order valence-corrected chi connectivity index (χ3v) is 3.86. The highest BCUT2D eigenvalue weighted by Crippen LogP contribution is 2.23. The van der Waals surface area contributed by atoms with Crippen LogP contribution in [0.2, 0.25) is 0 Å². The highest BCUT2D eigenvalue weighted by Gasteiger charge is 2.18. The maximum absolute atomic E-state index is 10.8. The number of pyridine rings is 1. The lowest BCUT2D eigenvalue weighted by Gasteiger charge is -2.31. The molecule has 0 bridgehead atoms. The van der Waals surface area contributed by atoms with Crippen LogP contribution in [0.3, 0.4) is 0 Å². The first-order valence-corrected chi connectivity index (χ1v) is 6.93. The second kappa shape index (κ2) is 5.11. The Hall–Kier alpha value is -2.11. The normalized spacial score (nSPS) is 16.8. The molecule has 3 rings (SSSR count). The van der Waals surface area contributed by atoms with Crippen LogP contribution in [0.25, 0.3) is 11.0 Å². The smallest absolute Gasteiger partial charge is 0.325 e. The molecule has 1 N–H and O–H groups in total. The second-order valence-electron chi connectivity index (χ2n) is 5.45. The summed E-state index contributed by atoms with van der Waals surface area (Å²) in [5, 5.41) is 13.9. The average molecular weight is 274 g/mol. The van der Waals surface area contributed by atoms with Crippen LogP contribution < -0.4 is 4.90 Å². The number of carboxylic acid groups (broad SMARTS) is 1. The molecule has 106 valence electrons. The molecule has 1 aliphatic rings. The number of hydrogen-bond donors (Lipinski definition) is 1. The lowest BCUT2D eigenvalue weighted by Crippen LogP contribution is -2.33. The lowest BCUT2D eigenvalue weighted by atomic mass is 9.99. The van der Waals surface area contributed by atoms with Crippen LogP contribution in [-0.2, 0) is 11.3 Å². The molecule has 6 nitrogen and oxygen atoms in total. The number of piperidine rings is 1. The zero-order valence-corrected chi connectivity index (χ0v) is 11.5. The Morgan fingerprint density at radius 1 is 1.40 bits per heavy atom. The minimum atomic E-state index is -0.908. The summed E-state index contributed by atoms with van der Waals surface area (Å²) < 4.78 is 1.44. The number of hydrogen-bond acceptors (Lipinski definition) is 4. The van der Waals surface area contributed by atoms with E-state index in [-0.39, 0.29) is 6.54 Å². The van der Waals surface area contributed by atoms with Crippen LogP contribution in [0.15, 0.2) is 18.3 Å². The van der Waals surface area contributed by atoms with E-state index in [1.165, 1.54) is 17.5 Å². The molecule has 0 radical (unpaired) electrons. The molecule has 0 aliphatic carbocycles. The molecule has 0 atom stereocenters. The Labute approximate surface area is 117 Å². The van der Waals surface area contributed by atoms with Crippen molar-refractivity contribution in [1.29, 1.82) is 0 Å². The van der Waals surface area contributed by atoms with Gasteiger partial charge in [-0.25, -0.2) is 9.67 Å². The van der Waals surface area contributed by atoms with Gasteiger partial charge in [0, 0.05) is 18.5 Å². The van der Waals surface area contributed by atoms with Gasteiger partial charge < -0.3 is 10.0 Å². The van der Waals surface area contributed by atoms with Crippen molar-refractivity contribution in [2.24, 2.45) is 5.92 Å². The molecule has 0 aromatic carbocycles. The van der Waals surface area contributed by atoms with E-state index in [0.717, 1.165) is 30.2 Å². The van der Waals surface area contributed by atoms with Crippen LogP contribution in [-0.4, -0.2) is 38.9 Å². The van der Waals surface area contributed by atoms with Crippen molar-refractivity contribution >= 4 is 22.8 Å². The standard InChI is InChI=1S/C14H18N4O2/c1-10-4-6-17(7-5-10)12-3-2-11-8-15-18(9-13(19)20)14(11)16-12/h2-3,8,10H,4-7,9H2,1H3,(H,19,20). The number of fused-ring (bicyclic) bond motifs is 1. The summed E-state index contributed by atoms with van der Waals surface area (Å²) in [5.41, 5.74) is 0.642. The lowest BCUT2D eigenvalue weighted by molar-refractivity contribution is -0.137. The summed E-state index contributed by atoms with van der Waals surface area (Å²) in [6, 6.07) is 3.95.